The molecular formula is C29H30. The van der Waals surface area contributed by atoms with Crippen molar-refractivity contribution >= 4 is 0 Å². The molecule has 0 radical (unpaired) electrons. The third-order valence-corrected chi connectivity index (χ3v) is 6.61. The van der Waals surface area contributed by atoms with Crippen molar-refractivity contribution in [3.63, 3.8) is 0 Å². The van der Waals surface area contributed by atoms with Gasteiger partial charge in [0.2, 0.25) is 0 Å². The number of hydrogen-bond acceptors (Lipinski definition) is 0. The summed E-state index contributed by atoms with van der Waals surface area (Å²) in [6.45, 7) is 9.26. The van der Waals surface area contributed by atoms with Crippen LogP contribution in [0.15, 0.2) is 91.0 Å². The summed E-state index contributed by atoms with van der Waals surface area (Å²) in [7, 11) is 0. The lowest BCUT2D eigenvalue weighted by Crippen LogP contribution is -2.30. The van der Waals surface area contributed by atoms with Crippen LogP contribution in [0.5, 0.6) is 0 Å². The molecule has 1 aliphatic rings. The molecular weight excluding hydrogens is 348 g/mol. The van der Waals surface area contributed by atoms with E-state index in [1.54, 1.807) is 0 Å². The predicted octanol–water partition coefficient (Wildman–Crippen LogP) is 7.91. The number of rotatable bonds is 4. The molecule has 0 nitrogen and oxygen atoms in total. The van der Waals surface area contributed by atoms with Gasteiger partial charge in [0.1, 0.15) is 0 Å². The van der Waals surface area contributed by atoms with Gasteiger partial charge in [-0.05, 0) is 58.2 Å². The second-order valence-electron chi connectivity index (χ2n) is 8.37. The Labute approximate surface area is 175 Å². The van der Waals surface area contributed by atoms with Crippen LogP contribution in [0.1, 0.15) is 37.5 Å². The largest absolute Gasteiger partial charge is 0.0805 e. The van der Waals surface area contributed by atoms with Gasteiger partial charge in [-0.3, -0.25) is 0 Å². The second kappa shape index (κ2) is 7.87. The van der Waals surface area contributed by atoms with Gasteiger partial charge in [0.05, 0.1) is 0 Å². The summed E-state index contributed by atoms with van der Waals surface area (Å²) in [5.41, 5.74) is 9.54. The van der Waals surface area contributed by atoms with Crippen LogP contribution < -0.4 is 0 Å². The van der Waals surface area contributed by atoms with E-state index >= 15 is 0 Å². The Kier molecular flexibility index (Phi) is 5.28. The van der Waals surface area contributed by atoms with E-state index in [4.69, 9.17) is 0 Å². The van der Waals surface area contributed by atoms with Crippen LogP contribution in [0.3, 0.4) is 0 Å². The maximum Gasteiger partial charge on any atom is 0.0176 e. The normalized spacial score (nSPS) is 20.8. The molecule has 4 rings (SSSR count). The highest BCUT2D eigenvalue weighted by atomic mass is 14.4. The van der Waals surface area contributed by atoms with Gasteiger partial charge in [0, 0.05) is 5.41 Å². The molecule has 0 heteroatoms. The fraction of sp³-hybridized carbons (Fsp3) is 0.241. The van der Waals surface area contributed by atoms with Crippen molar-refractivity contribution in [2.45, 2.75) is 39.5 Å². The van der Waals surface area contributed by atoms with Gasteiger partial charge >= 0.3 is 0 Å². The van der Waals surface area contributed by atoms with Crippen molar-refractivity contribution in [2.24, 2.45) is 5.92 Å². The van der Waals surface area contributed by atoms with E-state index in [1.807, 2.05) is 0 Å². The number of aryl methyl sites for hydroxylation is 2. The van der Waals surface area contributed by atoms with Crippen molar-refractivity contribution in [3.05, 3.63) is 108 Å². The third-order valence-electron chi connectivity index (χ3n) is 6.61. The van der Waals surface area contributed by atoms with Crippen LogP contribution in [0.25, 0.3) is 22.3 Å². The molecule has 2 unspecified atom stereocenters. The second-order valence-corrected chi connectivity index (χ2v) is 8.37. The molecule has 0 spiro atoms. The van der Waals surface area contributed by atoms with Crippen LogP contribution in [0.2, 0.25) is 0 Å². The molecule has 0 saturated heterocycles. The number of benzene rings is 3. The summed E-state index contributed by atoms with van der Waals surface area (Å²) in [5.74, 6) is 0.437. The molecule has 0 aliphatic heterocycles. The maximum absolute atomic E-state index is 2.41. The van der Waals surface area contributed by atoms with Gasteiger partial charge in [-0.25, -0.2) is 0 Å². The molecule has 0 N–H and O–H groups in total. The van der Waals surface area contributed by atoms with E-state index in [-0.39, 0.29) is 5.41 Å². The van der Waals surface area contributed by atoms with Crippen LogP contribution in [0.4, 0.5) is 0 Å². The highest BCUT2D eigenvalue weighted by molar-refractivity contribution is 5.89. The van der Waals surface area contributed by atoms with Gasteiger partial charge in [-0.15, -0.1) is 0 Å². The Morgan fingerprint density at radius 1 is 0.828 bits per heavy atom. The van der Waals surface area contributed by atoms with Crippen molar-refractivity contribution < 1.29 is 0 Å². The van der Waals surface area contributed by atoms with Crippen LogP contribution in [-0.4, -0.2) is 0 Å². The molecule has 1 aliphatic carbocycles. The zero-order valence-electron chi connectivity index (χ0n) is 17.9. The summed E-state index contributed by atoms with van der Waals surface area (Å²) in [6.07, 6.45) is 10.2. The average molecular weight is 379 g/mol. The first-order chi connectivity index (χ1) is 14.1. The molecule has 0 amide bonds. The zero-order valence-corrected chi connectivity index (χ0v) is 17.9. The van der Waals surface area contributed by atoms with Crippen molar-refractivity contribution in [3.8, 4) is 22.3 Å². The minimum absolute atomic E-state index is 0.0392. The number of allylic oxidation sites excluding steroid dienone is 4. The zero-order chi connectivity index (χ0) is 20.4. The van der Waals surface area contributed by atoms with Crippen LogP contribution in [0, 0.1) is 12.8 Å². The third kappa shape index (κ3) is 3.38. The molecule has 0 saturated carbocycles. The maximum atomic E-state index is 2.41. The van der Waals surface area contributed by atoms with Crippen molar-refractivity contribution in [1.82, 2.24) is 0 Å². The van der Waals surface area contributed by atoms with Crippen molar-refractivity contribution in [2.75, 3.05) is 0 Å². The van der Waals surface area contributed by atoms with Gasteiger partial charge < -0.3 is 0 Å². The first kappa shape index (κ1) is 19.5. The Morgan fingerprint density at radius 2 is 1.55 bits per heavy atom. The summed E-state index contributed by atoms with van der Waals surface area (Å²) >= 11 is 0. The van der Waals surface area contributed by atoms with Gasteiger partial charge in [-0.1, -0.05) is 112 Å². The van der Waals surface area contributed by atoms with E-state index in [0.29, 0.717) is 5.92 Å². The summed E-state index contributed by atoms with van der Waals surface area (Å²) in [5, 5.41) is 0. The van der Waals surface area contributed by atoms with Crippen LogP contribution in [-0.2, 0) is 11.8 Å². The fourth-order valence-corrected chi connectivity index (χ4v) is 4.70. The fourth-order valence-electron chi connectivity index (χ4n) is 4.70. The average Bonchev–Trinajstić information content (AvgIpc) is 2.76. The van der Waals surface area contributed by atoms with Crippen molar-refractivity contribution in [1.29, 1.82) is 0 Å². The quantitative estimate of drug-likeness (QED) is 0.432. The summed E-state index contributed by atoms with van der Waals surface area (Å²) in [4.78, 5) is 0. The topological polar surface area (TPSA) is 0 Å². The highest BCUT2D eigenvalue weighted by Crippen LogP contribution is 2.48. The lowest BCUT2D eigenvalue weighted by molar-refractivity contribution is 0.455. The van der Waals surface area contributed by atoms with E-state index in [1.165, 1.54) is 38.9 Å². The Morgan fingerprint density at radius 3 is 2.24 bits per heavy atom. The Bertz CT molecular complexity index is 1070. The van der Waals surface area contributed by atoms with Crippen LogP contribution >= 0.6 is 0 Å². The highest BCUT2D eigenvalue weighted by Gasteiger charge is 2.35. The first-order valence-electron chi connectivity index (χ1n) is 10.7. The monoisotopic (exact) mass is 378 g/mol. The lowest BCUT2D eigenvalue weighted by atomic mass is 9.65. The molecule has 29 heavy (non-hydrogen) atoms. The minimum Gasteiger partial charge on any atom is -0.0805 e. The summed E-state index contributed by atoms with van der Waals surface area (Å²) < 4.78 is 0. The Balaban J connectivity index is 2.13. The SMILES string of the molecule is CCc1ccc(-c2ccccc2)c(-c2ccccc2C)c1C1(C)C=CC=CC1C. The number of hydrogen-bond donors (Lipinski definition) is 0. The first-order valence-corrected chi connectivity index (χ1v) is 10.7. The van der Waals surface area contributed by atoms with Gasteiger partial charge in [-0.2, -0.15) is 0 Å². The van der Waals surface area contributed by atoms with E-state index in [0.717, 1.165) is 6.42 Å². The van der Waals surface area contributed by atoms with E-state index in [2.05, 4.69) is 119 Å². The van der Waals surface area contributed by atoms with E-state index in [9.17, 15) is 0 Å². The molecule has 0 aromatic heterocycles. The minimum atomic E-state index is -0.0392. The molecule has 146 valence electrons. The molecule has 0 bridgehead atoms. The molecule has 3 aromatic rings. The van der Waals surface area contributed by atoms with Gasteiger partial charge in [0.25, 0.3) is 0 Å². The lowest BCUT2D eigenvalue weighted by Gasteiger charge is -2.38. The summed E-state index contributed by atoms with van der Waals surface area (Å²) in [6, 6.07) is 24.3. The molecule has 0 heterocycles. The van der Waals surface area contributed by atoms with E-state index < -0.39 is 0 Å². The van der Waals surface area contributed by atoms with Gasteiger partial charge in [0.15, 0.2) is 0 Å². The molecule has 3 aromatic carbocycles. The smallest absolute Gasteiger partial charge is 0.0176 e. The Hall–Kier alpha value is -2.86. The standard InChI is InChI=1S/C29H30/c1-5-23-18-19-26(24-15-7-6-8-16-24)27(25-17-10-9-13-21(25)2)28(23)29(4)20-12-11-14-22(29)3/h6-20,22H,5H2,1-4H3. The molecule has 2 atom stereocenters. The predicted molar refractivity (Wildman–Crippen MR) is 126 cm³/mol. The molecule has 0 fully saturated rings.